The molecule has 11 heteroatoms. The molecule has 0 saturated heterocycles. The number of hydrogen-bond acceptors (Lipinski definition) is 9. The third-order valence-corrected chi connectivity index (χ3v) is 5.57. The molecule has 2 aromatic rings. The van der Waals surface area contributed by atoms with Gasteiger partial charge in [-0.25, -0.2) is 10.8 Å². The van der Waals surface area contributed by atoms with E-state index < -0.39 is 0 Å². The summed E-state index contributed by atoms with van der Waals surface area (Å²) in [6, 6.07) is 7.14. The van der Waals surface area contributed by atoms with E-state index in [0.717, 1.165) is 24.3 Å². The molecular weight excluding hydrogens is 422 g/mol. The third-order valence-electron chi connectivity index (χ3n) is 3.62. The van der Waals surface area contributed by atoms with Gasteiger partial charge < -0.3 is 11.2 Å². The number of unbranched alkanes of at least 4 members (excludes halogenated alkanes) is 2. The van der Waals surface area contributed by atoms with E-state index in [0.29, 0.717) is 27.3 Å². The van der Waals surface area contributed by atoms with Gasteiger partial charge in [0.1, 0.15) is 5.00 Å². The molecule has 0 spiro atoms. The lowest BCUT2D eigenvalue weighted by molar-refractivity contribution is -0.116. The van der Waals surface area contributed by atoms with Crippen molar-refractivity contribution < 1.29 is 9.63 Å². The quantitative estimate of drug-likeness (QED) is 0.110. The summed E-state index contributed by atoms with van der Waals surface area (Å²) in [7, 11) is 1.53. The number of nitrogens with zero attached hydrogens (tertiary/aromatic N) is 3. The lowest BCUT2D eigenvalue weighted by Crippen LogP contribution is -2.36. The monoisotopic (exact) mass is 453 g/mol. The Morgan fingerprint density at radius 2 is 2.00 bits per heavy atom. The Morgan fingerprint density at radius 1 is 1.30 bits per heavy atom. The number of amides is 1. The van der Waals surface area contributed by atoms with Crippen LogP contribution in [-0.2, 0) is 9.63 Å². The predicted molar refractivity (Wildman–Crippen MR) is 127 cm³/mol. The van der Waals surface area contributed by atoms with Crippen LogP contribution >= 0.6 is 23.1 Å². The number of hydrazine groups is 1. The second-order valence-electron chi connectivity index (χ2n) is 5.73. The normalized spacial score (nSPS) is 10.8. The minimum Gasteiger partial charge on any atom is -0.326 e. The van der Waals surface area contributed by atoms with Gasteiger partial charge in [0.2, 0.25) is 11.1 Å². The van der Waals surface area contributed by atoms with Gasteiger partial charge >= 0.3 is 0 Å². The average molecular weight is 454 g/mol. The molecule has 2 rings (SSSR count). The molecule has 0 bridgehead atoms. The largest absolute Gasteiger partial charge is 0.326 e. The van der Waals surface area contributed by atoms with Gasteiger partial charge in [-0.1, -0.05) is 44.9 Å². The van der Waals surface area contributed by atoms with E-state index in [4.69, 9.17) is 16.5 Å². The highest BCUT2D eigenvalue weighted by molar-refractivity contribution is 8.15. The van der Waals surface area contributed by atoms with Gasteiger partial charge in [-0.3, -0.25) is 20.1 Å². The van der Waals surface area contributed by atoms with Crippen molar-refractivity contribution in [3.8, 4) is 0 Å². The van der Waals surface area contributed by atoms with Crippen LogP contribution in [0.5, 0.6) is 0 Å². The summed E-state index contributed by atoms with van der Waals surface area (Å²) in [4.78, 5) is 21.0. The van der Waals surface area contributed by atoms with Crippen LogP contribution in [0.4, 0.5) is 16.4 Å². The molecule has 6 N–H and O–H groups in total. The lowest BCUT2D eigenvalue weighted by Gasteiger charge is -2.19. The molecular formula is C19H31N7O2S2. The first kappa shape index (κ1) is 25.7. The molecule has 1 aromatic heterocycles. The van der Waals surface area contributed by atoms with Gasteiger partial charge in [0, 0.05) is 12.1 Å². The van der Waals surface area contributed by atoms with E-state index in [1.54, 1.807) is 30.5 Å². The number of thiazole rings is 1. The van der Waals surface area contributed by atoms with Crippen molar-refractivity contribution in [3.05, 3.63) is 30.5 Å². The molecule has 1 heterocycles. The van der Waals surface area contributed by atoms with Crippen LogP contribution in [0.2, 0.25) is 0 Å². The molecule has 9 nitrogen and oxygen atoms in total. The molecule has 30 heavy (non-hydrogen) atoms. The van der Waals surface area contributed by atoms with Crippen LogP contribution in [0.1, 0.15) is 46.5 Å². The van der Waals surface area contributed by atoms with Crippen molar-refractivity contribution >= 4 is 50.5 Å². The van der Waals surface area contributed by atoms with Crippen molar-refractivity contribution in [2.75, 3.05) is 22.9 Å². The molecule has 1 amide bonds. The number of rotatable bonds is 9. The summed E-state index contributed by atoms with van der Waals surface area (Å²) in [5, 5.41) is 9.12. The number of benzene rings is 1. The van der Waals surface area contributed by atoms with Gasteiger partial charge in [-0.2, -0.15) is 5.10 Å². The Hall–Kier alpha value is -2.34. The number of nitrogens with two attached hydrogens (primary N) is 2. The highest BCUT2D eigenvalue weighted by Crippen LogP contribution is 2.30. The van der Waals surface area contributed by atoms with E-state index in [1.807, 2.05) is 13.8 Å². The molecule has 1 aromatic carbocycles. The Balaban J connectivity index is 0.00000218. The molecule has 0 saturated carbocycles. The van der Waals surface area contributed by atoms with E-state index in [1.165, 1.54) is 35.2 Å². The van der Waals surface area contributed by atoms with Crippen LogP contribution in [-0.4, -0.2) is 23.2 Å². The maximum atomic E-state index is 11.9. The third kappa shape index (κ3) is 8.57. The second kappa shape index (κ2) is 14.6. The minimum atomic E-state index is 0.00909. The fourth-order valence-corrected chi connectivity index (χ4v) is 3.95. The Labute approximate surface area is 186 Å². The molecule has 0 aliphatic rings. The minimum absolute atomic E-state index is 0.00909. The second-order valence-corrected chi connectivity index (χ2v) is 7.98. The number of aromatic nitrogens is 1. The van der Waals surface area contributed by atoms with Crippen molar-refractivity contribution in [2.24, 2.45) is 16.8 Å². The summed E-state index contributed by atoms with van der Waals surface area (Å²) in [6.45, 7) is 6.11. The zero-order chi connectivity index (χ0) is 22.4. The van der Waals surface area contributed by atoms with Crippen LogP contribution in [0.25, 0.3) is 0 Å². The van der Waals surface area contributed by atoms with E-state index >= 15 is 0 Å². The fraction of sp³-hybridized carbons (Fsp3) is 0.421. The molecule has 0 fully saturated rings. The van der Waals surface area contributed by atoms with Gasteiger partial charge in [-0.15, -0.1) is 0 Å². The number of carbonyl (C=O) groups is 1. The summed E-state index contributed by atoms with van der Waals surface area (Å²) in [5.74, 6) is 11.7. The Bertz CT molecular complexity index is 781. The average Bonchev–Trinajstić information content (AvgIpc) is 3.21. The van der Waals surface area contributed by atoms with Crippen LogP contribution in [0, 0.1) is 0 Å². The van der Waals surface area contributed by atoms with Gasteiger partial charge in [-0.05, 0) is 42.4 Å². The van der Waals surface area contributed by atoms with Crippen LogP contribution < -0.4 is 27.5 Å². The predicted octanol–water partition coefficient (Wildman–Crippen LogP) is 4.36. The number of hydrazone groups is 1. The van der Waals surface area contributed by atoms with Crippen molar-refractivity contribution in [1.82, 2.24) is 4.98 Å². The van der Waals surface area contributed by atoms with Gasteiger partial charge in [0.25, 0.3) is 0 Å². The summed E-state index contributed by atoms with van der Waals surface area (Å²) < 4.78 is 0.704. The lowest BCUT2D eigenvalue weighted by atomic mass is 10.2. The fourth-order valence-electron chi connectivity index (χ4n) is 2.24. The van der Waals surface area contributed by atoms with Crippen molar-refractivity contribution in [1.29, 1.82) is 0 Å². The maximum Gasteiger partial charge on any atom is 0.224 e. The Morgan fingerprint density at radius 3 is 2.60 bits per heavy atom. The first-order valence-corrected chi connectivity index (χ1v) is 11.4. The van der Waals surface area contributed by atoms with E-state index in [-0.39, 0.29) is 5.91 Å². The highest BCUT2D eigenvalue weighted by atomic mass is 32.2. The highest BCUT2D eigenvalue weighted by Gasteiger charge is 2.15. The number of nitrogens with one attached hydrogen (secondary N) is 2. The molecule has 0 radical (unpaired) electrons. The van der Waals surface area contributed by atoms with Crippen LogP contribution in [0.3, 0.4) is 0 Å². The first-order chi connectivity index (χ1) is 14.6. The van der Waals surface area contributed by atoms with Crippen molar-refractivity contribution in [2.45, 2.75) is 50.8 Å². The van der Waals surface area contributed by atoms with Crippen molar-refractivity contribution in [3.63, 3.8) is 0 Å². The smallest absolute Gasteiger partial charge is 0.224 e. The van der Waals surface area contributed by atoms with Crippen LogP contribution in [0.15, 0.2) is 39.9 Å². The molecule has 0 unspecified atom stereocenters. The Kier molecular flexibility index (Phi) is 12.5. The van der Waals surface area contributed by atoms with Gasteiger partial charge in [0.05, 0.1) is 19.0 Å². The molecule has 0 aliphatic carbocycles. The SMILES string of the molecule is CC.CCCCCC(=O)Nc1ccc(N(N)/C(=N\N)Sc2ncc(NOC)s2)cc1. The maximum absolute atomic E-state index is 11.9. The summed E-state index contributed by atoms with van der Waals surface area (Å²) in [6.07, 6.45) is 5.19. The number of thioether (sulfide) groups is 1. The molecule has 0 atom stereocenters. The number of amidine groups is 1. The number of carbonyl (C=O) groups excluding carboxylic acids is 1. The first-order valence-electron chi connectivity index (χ1n) is 9.72. The zero-order valence-corrected chi connectivity index (χ0v) is 19.5. The van der Waals surface area contributed by atoms with E-state index in [9.17, 15) is 4.79 Å². The van der Waals surface area contributed by atoms with E-state index in [2.05, 4.69) is 27.8 Å². The number of hydrogen-bond donors (Lipinski definition) is 4. The zero-order valence-electron chi connectivity index (χ0n) is 17.8. The van der Waals surface area contributed by atoms with Gasteiger partial charge in [0.15, 0.2) is 4.34 Å². The molecule has 0 aliphatic heterocycles. The summed E-state index contributed by atoms with van der Waals surface area (Å²) in [5.41, 5.74) is 4.10. The molecule has 166 valence electrons. The standard InChI is InChI=1S/C17H25N7O2S2.C2H6/c1-3-4-5-6-14(25)21-12-7-9-13(10-8-12)24(19)16(22-18)28-17-20-11-15(27-17)23-26-2;1-2/h7-11,23H,3-6,18-19H2,1-2H3,(H,21,25);1-2H3/b22-16+;. The topological polar surface area (TPSA) is 131 Å². The summed E-state index contributed by atoms with van der Waals surface area (Å²) >= 11 is 2.61. The number of anilines is 3.